The van der Waals surface area contributed by atoms with Crippen LogP contribution in [0.4, 0.5) is 0 Å². The molecule has 2 heteroatoms. The highest BCUT2D eigenvalue weighted by atomic mass is 16.5. The molecule has 2 aromatic rings. The Morgan fingerprint density at radius 2 is 1.80 bits per heavy atom. The molecule has 102 valence electrons. The SMILES string of the molecule is COc1ccc(C)cc1C(=O)C1(c2ccccc2)CC1. The van der Waals surface area contributed by atoms with Gasteiger partial charge in [0.2, 0.25) is 0 Å². The van der Waals surface area contributed by atoms with Crippen molar-refractivity contribution >= 4 is 5.78 Å². The van der Waals surface area contributed by atoms with Gasteiger partial charge in [-0.15, -0.1) is 0 Å². The van der Waals surface area contributed by atoms with Gasteiger partial charge >= 0.3 is 0 Å². The largest absolute Gasteiger partial charge is 0.496 e. The Morgan fingerprint density at radius 1 is 1.10 bits per heavy atom. The lowest BCUT2D eigenvalue weighted by molar-refractivity contribution is 0.0943. The molecule has 0 bridgehead atoms. The zero-order valence-electron chi connectivity index (χ0n) is 11.8. The smallest absolute Gasteiger partial charge is 0.177 e. The van der Waals surface area contributed by atoms with Crippen LogP contribution in [0.5, 0.6) is 5.75 Å². The molecule has 0 aromatic heterocycles. The Labute approximate surface area is 119 Å². The molecule has 2 aromatic carbocycles. The van der Waals surface area contributed by atoms with E-state index in [9.17, 15) is 4.79 Å². The summed E-state index contributed by atoms with van der Waals surface area (Å²) in [4.78, 5) is 13.0. The van der Waals surface area contributed by atoms with E-state index in [1.165, 1.54) is 0 Å². The normalized spacial score (nSPS) is 15.7. The first kappa shape index (κ1) is 12.9. The number of hydrogen-bond acceptors (Lipinski definition) is 2. The van der Waals surface area contributed by atoms with Crippen LogP contribution in [-0.2, 0) is 5.41 Å². The minimum atomic E-state index is -0.331. The molecular weight excluding hydrogens is 248 g/mol. The van der Waals surface area contributed by atoms with Crippen molar-refractivity contribution in [3.63, 3.8) is 0 Å². The van der Waals surface area contributed by atoms with E-state index in [-0.39, 0.29) is 11.2 Å². The molecule has 0 unspecified atom stereocenters. The number of ether oxygens (including phenoxy) is 1. The molecular formula is C18H18O2. The third-order valence-electron chi connectivity index (χ3n) is 4.11. The second-order valence-electron chi connectivity index (χ2n) is 5.48. The average molecular weight is 266 g/mol. The predicted octanol–water partition coefficient (Wildman–Crippen LogP) is 3.92. The summed E-state index contributed by atoms with van der Waals surface area (Å²) >= 11 is 0. The standard InChI is InChI=1S/C18H18O2/c1-13-8-9-16(20-2)15(12-13)17(19)18(10-11-18)14-6-4-3-5-7-14/h3-9,12H,10-11H2,1-2H3. The summed E-state index contributed by atoms with van der Waals surface area (Å²) in [5, 5.41) is 0. The molecule has 0 N–H and O–H groups in total. The molecule has 0 radical (unpaired) electrons. The van der Waals surface area contributed by atoms with E-state index in [4.69, 9.17) is 4.74 Å². The summed E-state index contributed by atoms with van der Waals surface area (Å²) in [6.45, 7) is 2.00. The van der Waals surface area contributed by atoms with Gasteiger partial charge in [0, 0.05) is 0 Å². The Bertz CT molecular complexity index is 640. The summed E-state index contributed by atoms with van der Waals surface area (Å²) < 4.78 is 5.36. The fraction of sp³-hybridized carbons (Fsp3) is 0.278. The first-order valence-corrected chi connectivity index (χ1v) is 6.92. The number of rotatable bonds is 4. The maximum Gasteiger partial charge on any atom is 0.177 e. The van der Waals surface area contributed by atoms with Crippen LogP contribution in [0.25, 0.3) is 0 Å². The van der Waals surface area contributed by atoms with Crippen molar-refractivity contribution in [2.24, 2.45) is 0 Å². The monoisotopic (exact) mass is 266 g/mol. The highest BCUT2D eigenvalue weighted by Gasteiger charge is 2.51. The molecule has 1 saturated carbocycles. The summed E-state index contributed by atoms with van der Waals surface area (Å²) in [5.74, 6) is 0.854. The van der Waals surface area contributed by atoms with Gasteiger partial charge in [-0.1, -0.05) is 42.0 Å². The van der Waals surface area contributed by atoms with E-state index in [2.05, 4.69) is 0 Å². The van der Waals surface area contributed by atoms with Gasteiger partial charge in [-0.25, -0.2) is 0 Å². The van der Waals surface area contributed by atoms with Crippen LogP contribution in [-0.4, -0.2) is 12.9 Å². The quantitative estimate of drug-likeness (QED) is 0.784. The van der Waals surface area contributed by atoms with Crippen molar-refractivity contribution < 1.29 is 9.53 Å². The Balaban J connectivity index is 2.04. The molecule has 2 nitrogen and oxygen atoms in total. The number of Topliss-reactive ketones (excluding diaryl/α,β-unsaturated/α-hetero) is 1. The molecule has 1 aliphatic rings. The lowest BCUT2D eigenvalue weighted by Crippen LogP contribution is -2.21. The summed E-state index contributed by atoms with van der Waals surface area (Å²) in [6.07, 6.45) is 1.85. The number of carbonyl (C=O) groups is 1. The van der Waals surface area contributed by atoms with Gasteiger partial charge in [-0.3, -0.25) is 4.79 Å². The molecule has 0 atom stereocenters. The van der Waals surface area contributed by atoms with E-state index in [1.807, 2.05) is 55.5 Å². The molecule has 3 rings (SSSR count). The van der Waals surface area contributed by atoms with Gasteiger partial charge in [0.25, 0.3) is 0 Å². The Kier molecular flexibility index (Phi) is 3.09. The molecule has 0 amide bonds. The highest BCUT2D eigenvalue weighted by molar-refractivity contribution is 6.08. The van der Waals surface area contributed by atoms with Crippen molar-refractivity contribution in [1.82, 2.24) is 0 Å². The average Bonchev–Trinajstić information content (AvgIpc) is 3.29. The van der Waals surface area contributed by atoms with E-state index in [1.54, 1.807) is 7.11 Å². The molecule has 0 saturated heterocycles. The Morgan fingerprint density at radius 3 is 2.40 bits per heavy atom. The van der Waals surface area contributed by atoms with Crippen LogP contribution < -0.4 is 4.74 Å². The zero-order valence-corrected chi connectivity index (χ0v) is 11.8. The number of carbonyl (C=O) groups excluding carboxylic acids is 1. The van der Waals surface area contributed by atoms with Gasteiger partial charge in [0.15, 0.2) is 5.78 Å². The molecule has 0 spiro atoms. The summed E-state index contributed by atoms with van der Waals surface area (Å²) in [5.41, 5.74) is 2.57. The maximum absolute atomic E-state index is 13.0. The fourth-order valence-corrected chi connectivity index (χ4v) is 2.79. The van der Waals surface area contributed by atoms with Crippen LogP contribution in [0.15, 0.2) is 48.5 Å². The van der Waals surface area contributed by atoms with Crippen molar-refractivity contribution in [2.75, 3.05) is 7.11 Å². The molecule has 20 heavy (non-hydrogen) atoms. The van der Waals surface area contributed by atoms with Crippen LogP contribution in [0.1, 0.15) is 34.3 Å². The zero-order chi connectivity index (χ0) is 14.2. The first-order valence-electron chi connectivity index (χ1n) is 6.92. The van der Waals surface area contributed by atoms with Crippen LogP contribution in [0, 0.1) is 6.92 Å². The third-order valence-corrected chi connectivity index (χ3v) is 4.11. The summed E-state index contributed by atoms with van der Waals surface area (Å²) in [6, 6.07) is 15.9. The fourth-order valence-electron chi connectivity index (χ4n) is 2.79. The van der Waals surface area contributed by atoms with E-state index >= 15 is 0 Å². The van der Waals surface area contributed by atoms with Crippen LogP contribution in [0.2, 0.25) is 0 Å². The van der Waals surface area contributed by atoms with Gasteiger partial charge < -0.3 is 4.74 Å². The van der Waals surface area contributed by atoms with Gasteiger partial charge in [-0.05, 0) is 37.5 Å². The van der Waals surface area contributed by atoms with E-state index in [0.717, 1.165) is 24.0 Å². The molecule has 0 heterocycles. The van der Waals surface area contributed by atoms with E-state index < -0.39 is 0 Å². The van der Waals surface area contributed by atoms with Gasteiger partial charge in [0.05, 0.1) is 18.1 Å². The predicted molar refractivity (Wildman–Crippen MR) is 79.4 cm³/mol. The third kappa shape index (κ3) is 2.01. The minimum absolute atomic E-state index is 0.184. The van der Waals surface area contributed by atoms with Crippen molar-refractivity contribution in [2.45, 2.75) is 25.2 Å². The Hall–Kier alpha value is -2.09. The van der Waals surface area contributed by atoms with Gasteiger partial charge in [0.1, 0.15) is 5.75 Å². The number of ketones is 1. The number of benzene rings is 2. The second kappa shape index (κ2) is 4.78. The lowest BCUT2D eigenvalue weighted by Gasteiger charge is -2.17. The number of methoxy groups -OCH3 is 1. The van der Waals surface area contributed by atoms with Crippen LogP contribution >= 0.6 is 0 Å². The topological polar surface area (TPSA) is 26.3 Å². The highest BCUT2D eigenvalue weighted by Crippen LogP contribution is 2.51. The molecule has 1 fully saturated rings. The number of hydrogen-bond donors (Lipinski definition) is 0. The van der Waals surface area contributed by atoms with Crippen molar-refractivity contribution in [3.05, 3.63) is 65.2 Å². The van der Waals surface area contributed by atoms with Gasteiger partial charge in [-0.2, -0.15) is 0 Å². The summed E-state index contributed by atoms with van der Waals surface area (Å²) in [7, 11) is 1.61. The lowest BCUT2D eigenvalue weighted by atomic mass is 9.87. The maximum atomic E-state index is 13.0. The van der Waals surface area contributed by atoms with Crippen LogP contribution in [0.3, 0.4) is 0 Å². The molecule has 0 aliphatic heterocycles. The first-order chi connectivity index (χ1) is 9.67. The minimum Gasteiger partial charge on any atom is -0.496 e. The second-order valence-corrected chi connectivity index (χ2v) is 5.48. The number of aryl methyl sites for hydroxylation is 1. The van der Waals surface area contributed by atoms with Crippen molar-refractivity contribution in [1.29, 1.82) is 0 Å². The van der Waals surface area contributed by atoms with E-state index in [0.29, 0.717) is 11.3 Å². The van der Waals surface area contributed by atoms with Crippen molar-refractivity contribution in [3.8, 4) is 5.75 Å². The molecule has 1 aliphatic carbocycles.